The van der Waals surface area contributed by atoms with Crippen molar-refractivity contribution in [2.45, 2.75) is 0 Å². The highest BCUT2D eigenvalue weighted by molar-refractivity contribution is 6.25. The number of rotatable bonds is 5. The molecule has 0 amide bonds. The van der Waals surface area contributed by atoms with Gasteiger partial charge in [0.25, 0.3) is 0 Å². The zero-order valence-electron chi connectivity index (χ0n) is 27.7. The molecular weight excluding hydrogens is 619 g/mol. The molecule has 0 fully saturated rings. The fourth-order valence-corrected chi connectivity index (χ4v) is 7.68. The van der Waals surface area contributed by atoms with Crippen LogP contribution in [0.3, 0.4) is 0 Å². The lowest BCUT2D eigenvalue weighted by molar-refractivity contribution is 1.10. The summed E-state index contributed by atoms with van der Waals surface area (Å²) in [5.74, 6) is 0.935. The lowest BCUT2D eigenvalue weighted by Gasteiger charge is -2.16. The summed E-state index contributed by atoms with van der Waals surface area (Å²) in [4.78, 5) is 9.97. The summed E-state index contributed by atoms with van der Waals surface area (Å²) < 4.78 is 2.27. The smallest absolute Gasteiger partial charge is 0.145 e. The number of imidazole rings is 1. The highest BCUT2D eigenvalue weighted by atomic mass is 15.1. The summed E-state index contributed by atoms with van der Waals surface area (Å²) in [6.45, 7) is 0. The van der Waals surface area contributed by atoms with Gasteiger partial charge in [-0.2, -0.15) is 0 Å². The van der Waals surface area contributed by atoms with Gasteiger partial charge in [-0.25, -0.2) is 4.98 Å². The van der Waals surface area contributed by atoms with Gasteiger partial charge in [0.05, 0.1) is 16.7 Å². The fraction of sp³-hybridized carbons (Fsp3) is 0. The molecule has 0 radical (unpaired) electrons. The first-order valence-electron chi connectivity index (χ1n) is 17.3. The number of pyridine rings is 1. The molecule has 10 aromatic rings. The van der Waals surface area contributed by atoms with Gasteiger partial charge in [0.15, 0.2) is 0 Å². The predicted octanol–water partition coefficient (Wildman–Crippen LogP) is 12.5. The van der Waals surface area contributed by atoms with Crippen molar-refractivity contribution >= 4 is 43.4 Å². The van der Waals surface area contributed by atoms with Crippen molar-refractivity contribution in [1.29, 1.82) is 0 Å². The SMILES string of the molecule is c1ccc(-c2ccnc(-c3cc4cc(-c5ccc(-n6c(-c7ccccc7)nc7ccccc76)cc5)c5ccccc5c4c4ccccc34)c2)cc1. The van der Waals surface area contributed by atoms with Crippen molar-refractivity contribution < 1.29 is 0 Å². The first kappa shape index (κ1) is 29.1. The molecule has 0 bridgehead atoms. The van der Waals surface area contributed by atoms with Crippen LogP contribution in [-0.4, -0.2) is 14.5 Å². The fourth-order valence-electron chi connectivity index (χ4n) is 7.68. The summed E-state index contributed by atoms with van der Waals surface area (Å²) >= 11 is 0. The van der Waals surface area contributed by atoms with Gasteiger partial charge in [-0.15, -0.1) is 0 Å². The minimum Gasteiger partial charge on any atom is -0.292 e. The van der Waals surface area contributed by atoms with Gasteiger partial charge in [0.2, 0.25) is 0 Å². The summed E-state index contributed by atoms with van der Waals surface area (Å²) in [6, 6.07) is 64.8. The van der Waals surface area contributed by atoms with Gasteiger partial charge >= 0.3 is 0 Å². The summed E-state index contributed by atoms with van der Waals surface area (Å²) in [7, 11) is 0. The van der Waals surface area contributed by atoms with Gasteiger partial charge in [-0.05, 0) is 103 Å². The topological polar surface area (TPSA) is 30.7 Å². The molecule has 3 nitrogen and oxygen atoms in total. The third kappa shape index (κ3) is 4.90. The Morgan fingerprint density at radius 2 is 1.00 bits per heavy atom. The van der Waals surface area contributed by atoms with E-state index in [9.17, 15) is 0 Å². The molecule has 0 atom stereocenters. The summed E-state index contributed by atoms with van der Waals surface area (Å²) in [6.07, 6.45) is 1.93. The first-order valence-corrected chi connectivity index (χ1v) is 17.3. The van der Waals surface area contributed by atoms with Crippen LogP contribution in [0.2, 0.25) is 0 Å². The van der Waals surface area contributed by atoms with Crippen LogP contribution in [0.1, 0.15) is 0 Å². The third-order valence-corrected chi connectivity index (χ3v) is 10.0. The number of benzene rings is 8. The van der Waals surface area contributed by atoms with Crippen LogP contribution in [0, 0.1) is 0 Å². The van der Waals surface area contributed by atoms with Gasteiger partial charge in [0, 0.05) is 23.0 Å². The second-order valence-corrected chi connectivity index (χ2v) is 13.0. The summed E-state index contributed by atoms with van der Waals surface area (Å²) in [5, 5.41) is 7.37. The zero-order chi connectivity index (χ0) is 33.7. The van der Waals surface area contributed by atoms with Crippen molar-refractivity contribution in [2.75, 3.05) is 0 Å². The van der Waals surface area contributed by atoms with Crippen molar-refractivity contribution in [3.63, 3.8) is 0 Å². The highest BCUT2D eigenvalue weighted by Crippen LogP contribution is 2.42. The molecule has 8 aromatic carbocycles. The molecule has 2 aromatic heterocycles. The molecule has 0 aliphatic heterocycles. The van der Waals surface area contributed by atoms with E-state index in [0.29, 0.717) is 0 Å². The van der Waals surface area contributed by atoms with E-state index in [0.717, 1.165) is 44.9 Å². The molecule has 238 valence electrons. The Morgan fingerprint density at radius 3 is 1.73 bits per heavy atom. The number of fused-ring (bicyclic) bond motifs is 6. The lowest BCUT2D eigenvalue weighted by atomic mass is 9.88. The second kappa shape index (κ2) is 11.9. The molecule has 0 N–H and O–H groups in total. The monoisotopic (exact) mass is 649 g/mol. The van der Waals surface area contributed by atoms with Crippen LogP contribution in [0.25, 0.3) is 93.9 Å². The van der Waals surface area contributed by atoms with E-state index >= 15 is 0 Å². The Kier molecular flexibility index (Phi) is 6.81. The molecule has 2 heterocycles. The van der Waals surface area contributed by atoms with Crippen LogP contribution >= 0.6 is 0 Å². The Balaban J connectivity index is 1.16. The van der Waals surface area contributed by atoms with Crippen LogP contribution in [0.4, 0.5) is 0 Å². The second-order valence-electron chi connectivity index (χ2n) is 13.0. The Bertz CT molecular complexity index is 2890. The summed E-state index contributed by atoms with van der Waals surface area (Å²) in [5.41, 5.74) is 11.0. The van der Waals surface area contributed by atoms with E-state index in [2.05, 4.69) is 174 Å². The van der Waals surface area contributed by atoms with E-state index in [4.69, 9.17) is 9.97 Å². The van der Waals surface area contributed by atoms with Crippen molar-refractivity contribution in [3.05, 3.63) is 188 Å². The largest absolute Gasteiger partial charge is 0.292 e. The number of hydrogen-bond donors (Lipinski definition) is 0. The Labute approximate surface area is 295 Å². The predicted molar refractivity (Wildman–Crippen MR) is 213 cm³/mol. The van der Waals surface area contributed by atoms with E-state index < -0.39 is 0 Å². The third-order valence-electron chi connectivity index (χ3n) is 10.0. The standard InChI is InChI=1S/C48H31N3/c1-3-13-32(14-4-1)35-27-28-49-45(31-35)43-30-36-29-42(38-17-7-9-19-40(38)47(36)41-20-10-8-18-39(41)43)33-23-25-37(26-24-33)51-46-22-12-11-21-44(46)50-48(51)34-15-5-2-6-16-34/h1-31H. The van der Waals surface area contributed by atoms with Crippen LogP contribution in [0.15, 0.2) is 188 Å². The normalized spacial score (nSPS) is 11.5. The van der Waals surface area contributed by atoms with E-state index in [1.54, 1.807) is 0 Å². The molecular formula is C48H31N3. The van der Waals surface area contributed by atoms with Gasteiger partial charge in [0.1, 0.15) is 5.82 Å². The van der Waals surface area contributed by atoms with Gasteiger partial charge in [-0.1, -0.05) is 133 Å². The van der Waals surface area contributed by atoms with Crippen LogP contribution in [-0.2, 0) is 0 Å². The van der Waals surface area contributed by atoms with Crippen LogP contribution < -0.4 is 0 Å². The van der Waals surface area contributed by atoms with Gasteiger partial charge in [-0.3, -0.25) is 9.55 Å². The van der Waals surface area contributed by atoms with E-state index in [-0.39, 0.29) is 0 Å². The van der Waals surface area contributed by atoms with Crippen molar-refractivity contribution in [3.8, 4) is 50.6 Å². The Morgan fingerprint density at radius 1 is 0.412 bits per heavy atom. The van der Waals surface area contributed by atoms with Gasteiger partial charge < -0.3 is 0 Å². The zero-order valence-corrected chi connectivity index (χ0v) is 27.7. The van der Waals surface area contributed by atoms with Crippen molar-refractivity contribution in [2.24, 2.45) is 0 Å². The maximum atomic E-state index is 5.05. The molecule has 0 unspecified atom stereocenters. The maximum Gasteiger partial charge on any atom is 0.145 e. The van der Waals surface area contributed by atoms with E-state index in [1.165, 1.54) is 49.0 Å². The molecule has 0 saturated heterocycles. The minimum atomic E-state index is 0.935. The molecule has 0 aliphatic carbocycles. The number of aromatic nitrogens is 3. The Hall–Kier alpha value is -6.84. The van der Waals surface area contributed by atoms with Crippen LogP contribution in [0.5, 0.6) is 0 Å². The molecule has 0 aliphatic rings. The number of hydrogen-bond acceptors (Lipinski definition) is 2. The first-order chi connectivity index (χ1) is 25.3. The molecule has 0 spiro atoms. The molecule has 51 heavy (non-hydrogen) atoms. The quantitative estimate of drug-likeness (QED) is 0.174. The van der Waals surface area contributed by atoms with Crippen molar-refractivity contribution in [1.82, 2.24) is 14.5 Å². The average Bonchev–Trinajstić information content (AvgIpc) is 3.61. The number of para-hydroxylation sites is 2. The average molecular weight is 650 g/mol. The molecule has 0 saturated carbocycles. The number of nitrogens with zero attached hydrogens (tertiary/aromatic N) is 3. The molecule has 3 heteroatoms. The van der Waals surface area contributed by atoms with E-state index in [1.807, 2.05) is 18.3 Å². The highest BCUT2D eigenvalue weighted by Gasteiger charge is 2.17. The minimum absolute atomic E-state index is 0.935. The lowest BCUT2D eigenvalue weighted by Crippen LogP contribution is -1.97. The maximum absolute atomic E-state index is 5.05. The molecule has 10 rings (SSSR count).